The van der Waals surface area contributed by atoms with Gasteiger partial charge >= 0.3 is 0 Å². The first kappa shape index (κ1) is 14.2. The molecule has 1 atom stereocenters. The van der Waals surface area contributed by atoms with E-state index in [-0.39, 0.29) is 11.8 Å². The number of hydrogen-bond acceptors (Lipinski definition) is 4. The summed E-state index contributed by atoms with van der Waals surface area (Å²) < 4.78 is 10.2. The number of aromatic hydroxyl groups is 1. The monoisotopic (exact) mass is 249 g/mol. The Bertz CT molecular complexity index is 412. The van der Waals surface area contributed by atoms with E-state index in [2.05, 4.69) is 11.2 Å². The number of terminal acetylenes is 1. The third kappa shape index (κ3) is 3.57. The van der Waals surface area contributed by atoms with Gasteiger partial charge in [0.1, 0.15) is 0 Å². The van der Waals surface area contributed by atoms with Gasteiger partial charge in [0.2, 0.25) is 5.75 Å². The first-order valence-corrected chi connectivity index (χ1v) is 5.73. The second-order valence-electron chi connectivity index (χ2n) is 4.04. The fourth-order valence-electron chi connectivity index (χ4n) is 1.59. The van der Waals surface area contributed by atoms with Crippen molar-refractivity contribution in [3.05, 3.63) is 17.7 Å². The molecule has 4 nitrogen and oxygen atoms in total. The average Bonchev–Trinajstić information content (AvgIpc) is 2.37. The summed E-state index contributed by atoms with van der Waals surface area (Å²) in [6.07, 6.45) is 5.92. The summed E-state index contributed by atoms with van der Waals surface area (Å²) in [7, 11) is 3.01. The van der Waals surface area contributed by atoms with Crippen LogP contribution in [0.1, 0.15) is 18.9 Å². The molecule has 0 fully saturated rings. The van der Waals surface area contributed by atoms with Crippen LogP contribution in [0, 0.1) is 12.3 Å². The molecule has 0 amide bonds. The van der Waals surface area contributed by atoms with E-state index in [1.807, 2.05) is 6.92 Å². The Morgan fingerprint density at radius 1 is 1.33 bits per heavy atom. The largest absolute Gasteiger partial charge is 0.502 e. The van der Waals surface area contributed by atoms with Gasteiger partial charge in [-0.25, -0.2) is 0 Å². The SMILES string of the molecule is C#CCC(C)NCc1cc(OC)c(O)c(OC)c1. The highest BCUT2D eigenvalue weighted by Gasteiger charge is 2.11. The molecule has 2 N–H and O–H groups in total. The molecule has 0 bridgehead atoms. The van der Waals surface area contributed by atoms with E-state index >= 15 is 0 Å². The van der Waals surface area contributed by atoms with Crippen molar-refractivity contribution in [2.75, 3.05) is 14.2 Å². The third-order valence-electron chi connectivity index (χ3n) is 2.62. The normalized spacial score (nSPS) is 11.7. The Morgan fingerprint density at radius 3 is 2.33 bits per heavy atom. The average molecular weight is 249 g/mol. The molecule has 1 aromatic carbocycles. The Morgan fingerprint density at radius 2 is 1.89 bits per heavy atom. The number of rotatable bonds is 6. The van der Waals surface area contributed by atoms with Crippen LogP contribution >= 0.6 is 0 Å². The highest BCUT2D eigenvalue weighted by molar-refractivity contribution is 5.52. The summed E-state index contributed by atoms with van der Waals surface area (Å²) in [6, 6.07) is 3.78. The van der Waals surface area contributed by atoms with Crippen LogP contribution in [0.3, 0.4) is 0 Å². The number of phenolic OH excluding ortho intramolecular Hbond substituents is 1. The van der Waals surface area contributed by atoms with Crippen LogP contribution in [0.25, 0.3) is 0 Å². The zero-order chi connectivity index (χ0) is 13.5. The lowest BCUT2D eigenvalue weighted by Crippen LogP contribution is -2.24. The van der Waals surface area contributed by atoms with Crippen LogP contribution in [0.15, 0.2) is 12.1 Å². The van der Waals surface area contributed by atoms with Gasteiger partial charge in [-0.1, -0.05) is 0 Å². The fraction of sp³-hybridized carbons (Fsp3) is 0.429. The Balaban J connectivity index is 2.80. The molecule has 0 aromatic heterocycles. The van der Waals surface area contributed by atoms with Gasteiger partial charge in [-0.2, -0.15) is 0 Å². The summed E-state index contributed by atoms with van der Waals surface area (Å²) in [6.45, 7) is 2.66. The molecule has 18 heavy (non-hydrogen) atoms. The number of benzene rings is 1. The smallest absolute Gasteiger partial charge is 0.200 e. The standard InChI is InChI=1S/C14H19NO3/c1-5-6-10(2)15-9-11-7-12(17-3)14(16)13(8-11)18-4/h1,7-8,10,15-16H,6,9H2,2-4H3. The molecule has 0 aliphatic rings. The summed E-state index contributed by atoms with van der Waals surface area (Å²) in [5, 5.41) is 13.1. The number of methoxy groups -OCH3 is 2. The van der Waals surface area contributed by atoms with Crippen molar-refractivity contribution in [3.8, 4) is 29.6 Å². The molecular formula is C14H19NO3. The zero-order valence-electron chi connectivity index (χ0n) is 11.0. The van der Waals surface area contributed by atoms with Crippen molar-refractivity contribution in [2.24, 2.45) is 0 Å². The first-order valence-electron chi connectivity index (χ1n) is 5.73. The minimum absolute atomic E-state index is 0.0143. The van der Waals surface area contributed by atoms with Gasteiger partial charge in [0.25, 0.3) is 0 Å². The van der Waals surface area contributed by atoms with Crippen molar-refractivity contribution in [3.63, 3.8) is 0 Å². The number of nitrogens with one attached hydrogen (secondary N) is 1. The Hall–Kier alpha value is -1.86. The second-order valence-corrected chi connectivity index (χ2v) is 4.04. The molecule has 0 saturated heterocycles. The lowest BCUT2D eigenvalue weighted by Gasteiger charge is -2.14. The maximum atomic E-state index is 9.78. The number of ether oxygens (including phenoxy) is 2. The molecule has 0 saturated carbocycles. The third-order valence-corrected chi connectivity index (χ3v) is 2.62. The summed E-state index contributed by atoms with van der Waals surface area (Å²) in [5.74, 6) is 3.42. The van der Waals surface area contributed by atoms with Gasteiger partial charge in [-0.05, 0) is 24.6 Å². The fourth-order valence-corrected chi connectivity index (χ4v) is 1.59. The van der Waals surface area contributed by atoms with Crippen LogP contribution in [0.4, 0.5) is 0 Å². The van der Waals surface area contributed by atoms with E-state index in [4.69, 9.17) is 15.9 Å². The summed E-state index contributed by atoms with van der Waals surface area (Å²) in [4.78, 5) is 0. The van der Waals surface area contributed by atoms with Gasteiger partial charge in [-0.15, -0.1) is 12.3 Å². The molecule has 1 rings (SSSR count). The van der Waals surface area contributed by atoms with Gasteiger partial charge < -0.3 is 19.9 Å². The van der Waals surface area contributed by atoms with Gasteiger partial charge in [-0.3, -0.25) is 0 Å². The van der Waals surface area contributed by atoms with Crippen molar-refractivity contribution in [2.45, 2.75) is 25.9 Å². The molecule has 1 aromatic rings. The van der Waals surface area contributed by atoms with Crippen LogP contribution in [0.2, 0.25) is 0 Å². The Kier molecular flexibility index (Phi) is 5.34. The van der Waals surface area contributed by atoms with E-state index in [0.29, 0.717) is 24.5 Å². The molecule has 0 aliphatic carbocycles. The van der Waals surface area contributed by atoms with Crippen molar-refractivity contribution in [1.29, 1.82) is 0 Å². The lowest BCUT2D eigenvalue weighted by atomic mass is 10.1. The van der Waals surface area contributed by atoms with Crippen LogP contribution in [-0.4, -0.2) is 25.4 Å². The van der Waals surface area contributed by atoms with E-state index in [1.165, 1.54) is 14.2 Å². The molecule has 1 unspecified atom stereocenters. The molecule has 0 radical (unpaired) electrons. The molecule has 0 heterocycles. The number of phenols is 1. The predicted octanol–water partition coefficient (Wildman–Crippen LogP) is 1.91. The minimum atomic E-state index is 0.0143. The highest BCUT2D eigenvalue weighted by Crippen LogP contribution is 2.36. The molecule has 0 aliphatic heterocycles. The maximum Gasteiger partial charge on any atom is 0.200 e. The van der Waals surface area contributed by atoms with E-state index < -0.39 is 0 Å². The van der Waals surface area contributed by atoms with E-state index in [9.17, 15) is 5.11 Å². The topological polar surface area (TPSA) is 50.7 Å². The minimum Gasteiger partial charge on any atom is -0.502 e. The van der Waals surface area contributed by atoms with Gasteiger partial charge in [0, 0.05) is 19.0 Å². The summed E-state index contributed by atoms with van der Waals surface area (Å²) >= 11 is 0. The van der Waals surface area contributed by atoms with Crippen molar-refractivity contribution < 1.29 is 14.6 Å². The molecular weight excluding hydrogens is 230 g/mol. The molecule has 4 heteroatoms. The van der Waals surface area contributed by atoms with Crippen molar-refractivity contribution in [1.82, 2.24) is 5.32 Å². The zero-order valence-corrected chi connectivity index (χ0v) is 11.0. The Labute approximate surface area is 108 Å². The van der Waals surface area contributed by atoms with Crippen LogP contribution in [-0.2, 0) is 6.54 Å². The number of hydrogen-bond donors (Lipinski definition) is 2. The van der Waals surface area contributed by atoms with Crippen LogP contribution in [0.5, 0.6) is 17.2 Å². The highest BCUT2D eigenvalue weighted by atomic mass is 16.5. The lowest BCUT2D eigenvalue weighted by molar-refractivity contribution is 0.339. The second kappa shape index (κ2) is 6.77. The van der Waals surface area contributed by atoms with Crippen LogP contribution < -0.4 is 14.8 Å². The maximum absolute atomic E-state index is 9.78. The van der Waals surface area contributed by atoms with Gasteiger partial charge in [0.05, 0.1) is 14.2 Å². The summed E-state index contributed by atoms with van der Waals surface area (Å²) in [5.41, 5.74) is 0.963. The van der Waals surface area contributed by atoms with Crippen molar-refractivity contribution >= 4 is 0 Å². The van der Waals surface area contributed by atoms with E-state index in [1.54, 1.807) is 12.1 Å². The van der Waals surface area contributed by atoms with Gasteiger partial charge in [0.15, 0.2) is 11.5 Å². The quantitative estimate of drug-likeness (QED) is 0.756. The molecule has 0 spiro atoms. The van der Waals surface area contributed by atoms with E-state index in [0.717, 1.165) is 5.56 Å². The molecule has 98 valence electrons. The predicted molar refractivity (Wildman–Crippen MR) is 71.0 cm³/mol. The first-order chi connectivity index (χ1) is 8.62.